The van der Waals surface area contributed by atoms with E-state index in [1.165, 1.54) is 0 Å². The number of rotatable bonds is 5. The number of hydrogen-bond donors (Lipinski definition) is 1. The second-order valence-corrected chi connectivity index (χ2v) is 4.42. The highest BCUT2D eigenvalue weighted by molar-refractivity contribution is 5.40. The first kappa shape index (κ1) is 11.8. The molecule has 0 saturated carbocycles. The molecule has 0 bridgehead atoms. The molecule has 0 spiro atoms. The van der Waals surface area contributed by atoms with Crippen molar-refractivity contribution in [2.45, 2.75) is 39.3 Å². The molecule has 0 aromatic carbocycles. The molecule has 4 heteroatoms. The molecular formula is C13H19N3O. The maximum absolute atomic E-state index is 5.42. The highest BCUT2D eigenvalue weighted by atomic mass is 16.3. The molecule has 2 rings (SSSR count). The van der Waals surface area contributed by atoms with Crippen LogP contribution in [-0.2, 0) is 0 Å². The van der Waals surface area contributed by atoms with Gasteiger partial charge in [0.2, 0.25) is 0 Å². The molecule has 1 unspecified atom stereocenters. The Morgan fingerprint density at radius 2 is 2.29 bits per heavy atom. The zero-order chi connectivity index (χ0) is 12.3. The van der Waals surface area contributed by atoms with E-state index in [-0.39, 0.29) is 6.04 Å². The highest BCUT2D eigenvalue weighted by Gasteiger charge is 2.12. The van der Waals surface area contributed by atoms with Crippen molar-refractivity contribution in [3.05, 3.63) is 36.5 Å². The van der Waals surface area contributed by atoms with Crippen LogP contribution in [-0.4, -0.2) is 9.78 Å². The fourth-order valence-electron chi connectivity index (χ4n) is 1.76. The van der Waals surface area contributed by atoms with Crippen LogP contribution in [0.5, 0.6) is 0 Å². The van der Waals surface area contributed by atoms with Crippen LogP contribution in [0.15, 0.2) is 35.2 Å². The third kappa shape index (κ3) is 2.70. The van der Waals surface area contributed by atoms with Crippen molar-refractivity contribution >= 4 is 5.69 Å². The molecule has 0 aliphatic heterocycles. The van der Waals surface area contributed by atoms with Crippen molar-refractivity contribution < 1.29 is 4.42 Å². The van der Waals surface area contributed by atoms with Crippen molar-refractivity contribution in [2.75, 3.05) is 5.32 Å². The summed E-state index contributed by atoms with van der Waals surface area (Å²) < 4.78 is 7.36. The van der Waals surface area contributed by atoms with Gasteiger partial charge in [0.1, 0.15) is 5.76 Å². The van der Waals surface area contributed by atoms with Crippen molar-refractivity contribution in [1.82, 2.24) is 9.78 Å². The van der Waals surface area contributed by atoms with Crippen molar-refractivity contribution in [1.29, 1.82) is 0 Å². The summed E-state index contributed by atoms with van der Waals surface area (Å²) in [7, 11) is 0. The molecule has 0 aliphatic carbocycles. The Balaban J connectivity index is 2.08. The lowest BCUT2D eigenvalue weighted by atomic mass is 10.1. The van der Waals surface area contributed by atoms with Crippen molar-refractivity contribution in [3.63, 3.8) is 0 Å². The van der Waals surface area contributed by atoms with Gasteiger partial charge in [0, 0.05) is 12.2 Å². The highest BCUT2D eigenvalue weighted by Crippen LogP contribution is 2.22. The van der Waals surface area contributed by atoms with Gasteiger partial charge in [-0.1, -0.05) is 6.92 Å². The average molecular weight is 233 g/mol. The minimum Gasteiger partial charge on any atom is -0.467 e. The number of aromatic nitrogens is 2. The smallest absolute Gasteiger partial charge is 0.125 e. The molecule has 0 saturated heterocycles. The Hall–Kier alpha value is -1.71. The third-order valence-corrected chi connectivity index (χ3v) is 2.77. The first-order valence-corrected chi connectivity index (χ1v) is 6.04. The molecule has 0 amide bonds. The summed E-state index contributed by atoms with van der Waals surface area (Å²) in [4.78, 5) is 0. The first-order chi connectivity index (χ1) is 8.20. The first-order valence-electron chi connectivity index (χ1n) is 6.04. The van der Waals surface area contributed by atoms with Crippen LogP contribution in [0.25, 0.3) is 0 Å². The average Bonchev–Trinajstić information content (AvgIpc) is 2.96. The normalized spacial score (nSPS) is 12.9. The second-order valence-electron chi connectivity index (χ2n) is 4.42. The maximum atomic E-state index is 5.42. The van der Waals surface area contributed by atoms with Crippen LogP contribution in [0.2, 0.25) is 0 Å². The van der Waals surface area contributed by atoms with Gasteiger partial charge in [0.25, 0.3) is 0 Å². The number of nitrogens with zero attached hydrogens (tertiary/aromatic N) is 2. The second kappa shape index (κ2) is 5.08. The minimum atomic E-state index is 0.204. The van der Waals surface area contributed by atoms with Gasteiger partial charge >= 0.3 is 0 Å². The summed E-state index contributed by atoms with van der Waals surface area (Å²) in [6, 6.07) is 4.50. The molecule has 0 aliphatic rings. The van der Waals surface area contributed by atoms with Crippen LogP contribution in [0.1, 0.15) is 45.0 Å². The number of furan rings is 1. The quantitative estimate of drug-likeness (QED) is 0.857. The molecule has 2 aromatic heterocycles. The molecule has 92 valence electrons. The van der Waals surface area contributed by atoms with Crippen molar-refractivity contribution in [2.24, 2.45) is 0 Å². The van der Waals surface area contributed by atoms with Gasteiger partial charge in [0.15, 0.2) is 0 Å². The molecule has 4 nitrogen and oxygen atoms in total. The monoisotopic (exact) mass is 233 g/mol. The topological polar surface area (TPSA) is 43.0 Å². The van der Waals surface area contributed by atoms with E-state index in [4.69, 9.17) is 4.42 Å². The van der Waals surface area contributed by atoms with Gasteiger partial charge in [-0.2, -0.15) is 5.10 Å². The van der Waals surface area contributed by atoms with E-state index in [1.807, 2.05) is 29.2 Å². The van der Waals surface area contributed by atoms with Crippen LogP contribution >= 0.6 is 0 Å². The van der Waals surface area contributed by atoms with Gasteiger partial charge in [-0.3, -0.25) is 4.68 Å². The largest absolute Gasteiger partial charge is 0.467 e. The SMILES string of the molecule is CCC(Nc1cnn(C(C)C)c1)c1ccco1. The summed E-state index contributed by atoms with van der Waals surface area (Å²) in [5.74, 6) is 0.963. The number of anilines is 1. The van der Waals surface area contributed by atoms with Gasteiger partial charge in [-0.15, -0.1) is 0 Å². The lowest BCUT2D eigenvalue weighted by Gasteiger charge is -2.14. The van der Waals surface area contributed by atoms with Crippen LogP contribution in [0.3, 0.4) is 0 Å². The standard InChI is InChI=1S/C13H19N3O/c1-4-12(13-6-5-7-17-13)15-11-8-14-16(9-11)10(2)3/h5-10,12,15H,4H2,1-3H3. The Labute approximate surface area is 102 Å². The molecule has 1 atom stereocenters. The molecule has 1 N–H and O–H groups in total. The molecule has 0 fully saturated rings. The summed E-state index contributed by atoms with van der Waals surface area (Å²) in [5.41, 5.74) is 1.03. The maximum Gasteiger partial charge on any atom is 0.125 e. The lowest BCUT2D eigenvalue weighted by Crippen LogP contribution is -2.08. The third-order valence-electron chi connectivity index (χ3n) is 2.77. The minimum absolute atomic E-state index is 0.204. The summed E-state index contributed by atoms with van der Waals surface area (Å²) in [6.45, 7) is 6.36. The van der Waals surface area contributed by atoms with E-state index in [1.54, 1.807) is 6.26 Å². The van der Waals surface area contributed by atoms with E-state index in [0.717, 1.165) is 17.9 Å². The summed E-state index contributed by atoms with van der Waals surface area (Å²) >= 11 is 0. The lowest BCUT2D eigenvalue weighted by molar-refractivity contribution is 0.474. The van der Waals surface area contributed by atoms with Gasteiger partial charge in [-0.25, -0.2) is 0 Å². The molecular weight excluding hydrogens is 214 g/mol. The van der Waals surface area contributed by atoms with Crippen LogP contribution in [0, 0.1) is 0 Å². The van der Waals surface area contributed by atoms with Crippen molar-refractivity contribution in [3.8, 4) is 0 Å². The van der Waals surface area contributed by atoms with E-state index in [0.29, 0.717) is 6.04 Å². The Kier molecular flexibility index (Phi) is 3.52. The number of nitrogens with one attached hydrogen (secondary N) is 1. The van der Waals surface area contributed by atoms with Gasteiger partial charge < -0.3 is 9.73 Å². The van der Waals surface area contributed by atoms with E-state index in [9.17, 15) is 0 Å². The Morgan fingerprint density at radius 3 is 2.82 bits per heavy atom. The van der Waals surface area contributed by atoms with Gasteiger partial charge in [0.05, 0.1) is 24.2 Å². The zero-order valence-corrected chi connectivity index (χ0v) is 10.6. The molecule has 0 radical (unpaired) electrons. The Bertz CT molecular complexity index is 445. The summed E-state index contributed by atoms with van der Waals surface area (Å²) in [5, 5.41) is 7.74. The van der Waals surface area contributed by atoms with Crippen LogP contribution in [0.4, 0.5) is 5.69 Å². The molecule has 2 aromatic rings. The van der Waals surface area contributed by atoms with E-state index < -0.39 is 0 Å². The number of hydrogen-bond acceptors (Lipinski definition) is 3. The zero-order valence-electron chi connectivity index (χ0n) is 10.6. The summed E-state index contributed by atoms with van der Waals surface area (Å²) in [6.07, 6.45) is 6.56. The Morgan fingerprint density at radius 1 is 1.47 bits per heavy atom. The van der Waals surface area contributed by atoms with E-state index >= 15 is 0 Å². The predicted molar refractivity (Wildman–Crippen MR) is 68.0 cm³/mol. The fraction of sp³-hybridized carbons (Fsp3) is 0.462. The fourth-order valence-corrected chi connectivity index (χ4v) is 1.76. The van der Waals surface area contributed by atoms with E-state index in [2.05, 4.69) is 31.2 Å². The molecule has 2 heterocycles. The predicted octanol–water partition coefficient (Wildman–Crippen LogP) is 3.62. The molecule has 17 heavy (non-hydrogen) atoms. The van der Waals surface area contributed by atoms with Crippen LogP contribution < -0.4 is 5.32 Å². The van der Waals surface area contributed by atoms with Gasteiger partial charge in [-0.05, 0) is 32.4 Å².